The van der Waals surface area contributed by atoms with E-state index in [2.05, 4.69) is 10.2 Å². The number of nitrogens with zero attached hydrogens (tertiary/aromatic N) is 3. The van der Waals surface area contributed by atoms with E-state index in [0.29, 0.717) is 37.4 Å². The third-order valence-electron chi connectivity index (χ3n) is 4.50. The highest BCUT2D eigenvalue weighted by molar-refractivity contribution is 7.71. The molecule has 3 rings (SSSR count). The van der Waals surface area contributed by atoms with Crippen LogP contribution in [0.15, 0.2) is 24.3 Å². The zero-order valence-electron chi connectivity index (χ0n) is 16.0. The predicted molar refractivity (Wildman–Crippen MR) is 105 cm³/mol. The highest BCUT2D eigenvalue weighted by Gasteiger charge is 2.25. The molecule has 1 saturated heterocycles. The Hall–Kier alpha value is -2.19. The Morgan fingerprint density at radius 1 is 1.30 bits per heavy atom. The summed E-state index contributed by atoms with van der Waals surface area (Å²) in [5.74, 6) is 1.64. The molecule has 1 aliphatic heterocycles. The van der Waals surface area contributed by atoms with Crippen LogP contribution in [0.1, 0.15) is 27.2 Å². The number of rotatable bonds is 6. The molecule has 0 bridgehead atoms. The summed E-state index contributed by atoms with van der Waals surface area (Å²) in [7, 11) is 0. The van der Waals surface area contributed by atoms with Crippen LogP contribution in [-0.4, -0.2) is 57.5 Å². The molecule has 1 aromatic carbocycles. The van der Waals surface area contributed by atoms with E-state index in [1.165, 1.54) is 0 Å². The number of H-pyrrole nitrogens is 1. The van der Waals surface area contributed by atoms with Crippen LogP contribution >= 0.6 is 12.2 Å². The summed E-state index contributed by atoms with van der Waals surface area (Å²) in [6, 6.07) is 7.70. The van der Waals surface area contributed by atoms with Gasteiger partial charge in [-0.3, -0.25) is 14.5 Å². The second-order valence-corrected chi connectivity index (χ2v) is 7.15. The lowest BCUT2D eigenvalue weighted by molar-refractivity contribution is -0.143. The van der Waals surface area contributed by atoms with Crippen LogP contribution in [0, 0.1) is 4.77 Å². The Bertz CT molecular complexity index is 820. The summed E-state index contributed by atoms with van der Waals surface area (Å²) in [4.78, 5) is 14.5. The zero-order valence-corrected chi connectivity index (χ0v) is 16.8. The molecular weight excluding hydrogens is 364 g/mol. The van der Waals surface area contributed by atoms with Crippen LogP contribution in [0.3, 0.4) is 0 Å². The lowest BCUT2D eigenvalue weighted by Crippen LogP contribution is -2.48. The molecule has 8 heteroatoms. The van der Waals surface area contributed by atoms with E-state index in [1.807, 2.05) is 54.5 Å². The van der Waals surface area contributed by atoms with E-state index in [-0.39, 0.29) is 18.1 Å². The minimum absolute atomic E-state index is 0.0632. The molecule has 1 aliphatic rings. The number of hydrogen-bond donors (Lipinski definition) is 1. The number of benzene rings is 1. The summed E-state index contributed by atoms with van der Waals surface area (Å²) < 4.78 is 13.6. The van der Waals surface area contributed by atoms with Crippen molar-refractivity contribution in [3.05, 3.63) is 29.0 Å². The van der Waals surface area contributed by atoms with Gasteiger partial charge in [0.2, 0.25) is 5.91 Å². The fourth-order valence-corrected chi connectivity index (χ4v) is 3.58. The first-order valence-electron chi connectivity index (χ1n) is 9.29. The third kappa shape index (κ3) is 4.75. The third-order valence-corrected chi connectivity index (χ3v) is 4.82. The average molecular weight is 391 g/mol. The number of aromatic amines is 1. The molecule has 0 saturated carbocycles. The number of ether oxygens (including phenoxy) is 2. The molecule has 2 heterocycles. The van der Waals surface area contributed by atoms with Gasteiger partial charge in [-0.05, 0) is 57.3 Å². The fourth-order valence-electron chi connectivity index (χ4n) is 3.36. The van der Waals surface area contributed by atoms with Crippen LogP contribution in [0.4, 0.5) is 0 Å². The summed E-state index contributed by atoms with van der Waals surface area (Å²) in [6.45, 7) is 8.30. The molecule has 2 unspecified atom stereocenters. The molecular formula is C19H26N4O3S. The highest BCUT2D eigenvalue weighted by Crippen LogP contribution is 2.21. The van der Waals surface area contributed by atoms with Gasteiger partial charge in [0.05, 0.1) is 18.8 Å². The lowest BCUT2D eigenvalue weighted by atomic mass is 10.2. The molecule has 2 aromatic rings. The molecule has 0 spiro atoms. The largest absolute Gasteiger partial charge is 0.494 e. The Labute approximate surface area is 164 Å². The number of aromatic nitrogens is 3. The first-order valence-corrected chi connectivity index (χ1v) is 9.70. The number of carbonyl (C=O) groups is 1. The molecule has 0 aliphatic carbocycles. The number of carbonyl (C=O) groups excluding carboxylic acids is 1. The fraction of sp³-hybridized carbons (Fsp3) is 0.526. The average Bonchev–Trinajstić information content (AvgIpc) is 3.00. The SMILES string of the molecule is CCOc1ccc(-c2n[nH]c(=S)n2CCC(=O)N2CC(C)OC(C)C2)cc1. The molecule has 1 fully saturated rings. The maximum atomic E-state index is 12.6. The van der Waals surface area contributed by atoms with Crippen molar-refractivity contribution in [2.24, 2.45) is 0 Å². The van der Waals surface area contributed by atoms with E-state index < -0.39 is 0 Å². The van der Waals surface area contributed by atoms with Gasteiger partial charge in [0, 0.05) is 31.6 Å². The van der Waals surface area contributed by atoms with Gasteiger partial charge in [0.1, 0.15) is 5.75 Å². The van der Waals surface area contributed by atoms with Gasteiger partial charge in [-0.2, -0.15) is 5.10 Å². The normalized spacial score (nSPS) is 19.9. The van der Waals surface area contributed by atoms with Gasteiger partial charge in [-0.25, -0.2) is 0 Å². The Kier molecular flexibility index (Phi) is 6.28. The van der Waals surface area contributed by atoms with Crippen molar-refractivity contribution in [3.8, 4) is 17.1 Å². The number of morpholine rings is 1. The molecule has 146 valence electrons. The first kappa shape index (κ1) is 19.6. The van der Waals surface area contributed by atoms with Gasteiger partial charge in [0.25, 0.3) is 0 Å². The molecule has 1 amide bonds. The van der Waals surface area contributed by atoms with Crippen molar-refractivity contribution >= 4 is 18.1 Å². The molecule has 2 atom stereocenters. The second kappa shape index (κ2) is 8.67. The topological polar surface area (TPSA) is 72.4 Å². The molecule has 1 aromatic heterocycles. The van der Waals surface area contributed by atoms with Crippen LogP contribution in [-0.2, 0) is 16.1 Å². The van der Waals surface area contributed by atoms with Crippen LogP contribution in [0.25, 0.3) is 11.4 Å². The van der Waals surface area contributed by atoms with E-state index in [0.717, 1.165) is 17.1 Å². The number of nitrogens with one attached hydrogen (secondary N) is 1. The predicted octanol–water partition coefficient (Wildman–Crippen LogP) is 3.03. The lowest BCUT2D eigenvalue weighted by Gasteiger charge is -2.35. The second-order valence-electron chi connectivity index (χ2n) is 6.77. The Balaban J connectivity index is 1.70. The quantitative estimate of drug-likeness (QED) is 0.768. The molecule has 1 N–H and O–H groups in total. The van der Waals surface area contributed by atoms with Crippen LogP contribution in [0.2, 0.25) is 0 Å². The van der Waals surface area contributed by atoms with E-state index >= 15 is 0 Å². The maximum Gasteiger partial charge on any atom is 0.224 e. The summed E-state index contributed by atoms with van der Waals surface area (Å²) in [5.41, 5.74) is 0.923. The van der Waals surface area contributed by atoms with Crippen molar-refractivity contribution in [2.75, 3.05) is 19.7 Å². The van der Waals surface area contributed by atoms with Crippen molar-refractivity contribution in [2.45, 2.75) is 45.9 Å². The van der Waals surface area contributed by atoms with Crippen LogP contribution in [0.5, 0.6) is 5.75 Å². The van der Waals surface area contributed by atoms with Gasteiger partial charge < -0.3 is 14.4 Å². The van der Waals surface area contributed by atoms with Gasteiger partial charge in [-0.15, -0.1) is 0 Å². The van der Waals surface area contributed by atoms with Crippen molar-refractivity contribution < 1.29 is 14.3 Å². The number of hydrogen-bond acceptors (Lipinski definition) is 5. The Morgan fingerprint density at radius 2 is 1.96 bits per heavy atom. The molecule has 0 radical (unpaired) electrons. The minimum atomic E-state index is 0.0632. The van der Waals surface area contributed by atoms with E-state index in [9.17, 15) is 4.79 Å². The number of amides is 1. The van der Waals surface area contributed by atoms with Crippen molar-refractivity contribution in [1.82, 2.24) is 19.7 Å². The van der Waals surface area contributed by atoms with Crippen molar-refractivity contribution in [1.29, 1.82) is 0 Å². The highest BCUT2D eigenvalue weighted by atomic mass is 32.1. The van der Waals surface area contributed by atoms with Gasteiger partial charge >= 0.3 is 0 Å². The van der Waals surface area contributed by atoms with E-state index in [1.54, 1.807) is 0 Å². The van der Waals surface area contributed by atoms with Gasteiger partial charge in [-0.1, -0.05) is 0 Å². The standard InChI is InChI=1S/C19H26N4O3S/c1-4-25-16-7-5-15(6-8-16)18-20-21-19(27)23(18)10-9-17(24)22-11-13(2)26-14(3)12-22/h5-8,13-14H,4,9-12H2,1-3H3,(H,21,27). The Morgan fingerprint density at radius 3 is 2.59 bits per heavy atom. The van der Waals surface area contributed by atoms with E-state index in [4.69, 9.17) is 21.7 Å². The van der Waals surface area contributed by atoms with Gasteiger partial charge in [0.15, 0.2) is 10.6 Å². The zero-order chi connectivity index (χ0) is 19.4. The summed E-state index contributed by atoms with van der Waals surface area (Å²) in [5, 5.41) is 7.17. The first-order chi connectivity index (χ1) is 13.0. The summed E-state index contributed by atoms with van der Waals surface area (Å²) in [6.07, 6.45) is 0.499. The molecule has 27 heavy (non-hydrogen) atoms. The minimum Gasteiger partial charge on any atom is -0.494 e. The summed E-state index contributed by atoms with van der Waals surface area (Å²) >= 11 is 5.36. The smallest absolute Gasteiger partial charge is 0.224 e. The molecule has 7 nitrogen and oxygen atoms in total. The maximum absolute atomic E-state index is 12.6. The van der Waals surface area contributed by atoms with Crippen molar-refractivity contribution in [3.63, 3.8) is 0 Å². The van der Waals surface area contributed by atoms with Crippen LogP contribution < -0.4 is 4.74 Å². The monoisotopic (exact) mass is 390 g/mol.